The predicted octanol–water partition coefficient (Wildman–Crippen LogP) is 3.47. The highest BCUT2D eigenvalue weighted by Gasteiger charge is 2.11. The van der Waals surface area contributed by atoms with Crippen molar-refractivity contribution in [2.24, 2.45) is 0 Å². The van der Waals surface area contributed by atoms with E-state index in [1.807, 2.05) is 44.1 Å². The highest BCUT2D eigenvalue weighted by molar-refractivity contribution is 9.10. The van der Waals surface area contributed by atoms with Crippen LogP contribution in [0.3, 0.4) is 0 Å². The fraction of sp³-hybridized carbons (Fsp3) is 0.200. The number of hydrogen-bond acceptors (Lipinski definition) is 3. The number of nitrogens with zero attached hydrogens (tertiary/aromatic N) is 2. The van der Waals surface area contributed by atoms with E-state index >= 15 is 0 Å². The van der Waals surface area contributed by atoms with Crippen LogP contribution in [-0.2, 0) is 0 Å². The molecule has 1 heterocycles. The van der Waals surface area contributed by atoms with Crippen LogP contribution < -0.4 is 10.2 Å². The fourth-order valence-electron chi connectivity index (χ4n) is 1.83. The molecule has 0 aliphatic carbocycles. The lowest BCUT2D eigenvalue weighted by Crippen LogP contribution is -2.17. The van der Waals surface area contributed by atoms with E-state index in [1.54, 1.807) is 18.3 Å². The third-order valence-corrected chi connectivity index (χ3v) is 3.77. The molecule has 4 nitrogen and oxygen atoms in total. The molecule has 2 aromatic rings. The standard InChI is InChI=1S/C15H16BrN3O/c1-10-9-11(6-7-12(10)16)15(20)18-13-5-4-8-17-14(13)19(2)3/h4-9H,1-3H3,(H,18,20). The predicted molar refractivity (Wildman–Crippen MR) is 85.4 cm³/mol. The first-order chi connectivity index (χ1) is 9.49. The van der Waals surface area contributed by atoms with E-state index in [9.17, 15) is 4.79 Å². The summed E-state index contributed by atoms with van der Waals surface area (Å²) in [5.41, 5.74) is 2.35. The molecule has 0 atom stereocenters. The molecule has 1 N–H and O–H groups in total. The highest BCUT2D eigenvalue weighted by atomic mass is 79.9. The van der Waals surface area contributed by atoms with Crippen LogP contribution in [0.2, 0.25) is 0 Å². The molecule has 20 heavy (non-hydrogen) atoms. The molecule has 2 rings (SSSR count). The van der Waals surface area contributed by atoms with E-state index < -0.39 is 0 Å². The Labute approximate surface area is 127 Å². The minimum absolute atomic E-state index is 0.142. The molecule has 0 saturated heterocycles. The molecule has 0 spiro atoms. The van der Waals surface area contributed by atoms with Crippen molar-refractivity contribution in [1.29, 1.82) is 0 Å². The minimum atomic E-state index is -0.142. The molecule has 0 radical (unpaired) electrons. The van der Waals surface area contributed by atoms with Gasteiger partial charge in [-0.2, -0.15) is 0 Å². The summed E-state index contributed by atoms with van der Waals surface area (Å²) >= 11 is 3.43. The third-order valence-electron chi connectivity index (χ3n) is 2.88. The maximum Gasteiger partial charge on any atom is 0.255 e. The van der Waals surface area contributed by atoms with E-state index in [0.717, 1.165) is 15.9 Å². The molecule has 0 bridgehead atoms. The Kier molecular flexibility index (Phi) is 4.39. The molecule has 0 unspecified atom stereocenters. The quantitative estimate of drug-likeness (QED) is 0.935. The van der Waals surface area contributed by atoms with Gasteiger partial charge in [-0.15, -0.1) is 0 Å². The molecule has 0 aliphatic heterocycles. The summed E-state index contributed by atoms with van der Waals surface area (Å²) in [7, 11) is 3.78. The van der Waals surface area contributed by atoms with Crippen molar-refractivity contribution in [3.05, 3.63) is 52.1 Å². The van der Waals surface area contributed by atoms with Crippen molar-refractivity contribution in [2.45, 2.75) is 6.92 Å². The molecule has 104 valence electrons. The topological polar surface area (TPSA) is 45.2 Å². The average Bonchev–Trinajstić information content (AvgIpc) is 2.42. The molecule has 1 aromatic carbocycles. The van der Waals surface area contributed by atoms with Gasteiger partial charge in [-0.3, -0.25) is 4.79 Å². The number of nitrogens with one attached hydrogen (secondary N) is 1. The Hall–Kier alpha value is -1.88. The number of amides is 1. The second kappa shape index (κ2) is 6.05. The Balaban J connectivity index is 2.26. The number of benzene rings is 1. The van der Waals surface area contributed by atoms with E-state index in [-0.39, 0.29) is 5.91 Å². The van der Waals surface area contributed by atoms with Crippen molar-refractivity contribution in [1.82, 2.24) is 4.98 Å². The zero-order valence-corrected chi connectivity index (χ0v) is 13.2. The Morgan fingerprint density at radius 3 is 2.70 bits per heavy atom. The van der Waals surface area contributed by atoms with Gasteiger partial charge in [-0.1, -0.05) is 15.9 Å². The smallest absolute Gasteiger partial charge is 0.255 e. The van der Waals surface area contributed by atoms with Gasteiger partial charge in [-0.25, -0.2) is 4.98 Å². The Morgan fingerprint density at radius 1 is 1.30 bits per heavy atom. The number of rotatable bonds is 3. The number of anilines is 2. The van der Waals surface area contributed by atoms with Gasteiger partial charge in [0.05, 0.1) is 5.69 Å². The first kappa shape index (κ1) is 14.5. The second-order valence-electron chi connectivity index (χ2n) is 4.69. The van der Waals surface area contributed by atoms with E-state index in [2.05, 4.69) is 26.2 Å². The summed E-state index contributed by atoms with van der Waals surface area (Å²) in [6.45, 7) is 1.95. The van der Waals surface area contributed by atoms with Crippen LogP contribution in [0, 0.1) is 6.92 Å². The summed E-state index contributed by atoms with van der Waals surface area (Å²) in [6.07, 6.45) is 1.70. The van der Waals surface area contributed by atoms with Crippen LogP contribution in [0.4, 0.5) is 11.5 Å². The summed E-state index contributed by atoms with van der Waals surface area (Å²) in [5, 5.41) is 2.90. The molecule has 5 heteroatoms. The van der Waals surface area contributed by atoms with E-state index in [4.69, 9.17) is 0 Å². The number of carbonyl (C=O) groups is 1. The average molecular weight is 334 g/mol. The molecule has 0 fully saturated rings. The summed E-state index contributed by atoms with van der Waals surface area (Å²) in [4.78, 5) is 18.4. The summed E-state index contributed by atoms with van der Waals surface area (Å²) in [6, 6.07) is 9.16. The van der Waals surface area contributed by atoms with Crippen molar-refractivity contribution < 1.29 is 4.79 Å². The van der Waals surface area contributed by atoms with Crippen LogP contribution >= 0.6 is 15.9 Å². The number of aromatic nitrogens is 1. The van der Waals surface area contributed by atoms with Crippen molar-refractivity contribution in [3.63, 3.8) is 0 Å². The molecule has 0 aliphatic rings. The van der Waals surface area contributed by atoms with Crippen molar-refractivity contribution in [2.75, 3.05) is 24.3 Å². The number of carbonyl (C=O) groups excluding carboxylic acids is 1. The lowest BCUT2D eigenvalue weighted by molar-refractivity contribution is 0.102. The van der Waals surface area contributed by atoms with Crippen molar-refractivity contribution >= 4 is 33.3 Å². The zero-order valence-electron chi connectivity index (χ0n) is 11.6. The third kappa shape index (κ3) is 3.17. The van der Waals surface area contributed by atoms with Crippen LogP contribution in [0.1, 0.15) is 15.9 Å². The maximum atomic E-state index is 12.3. The van der Waals surface area contributed by atoms with Gasteiger partial charge in [0.15, 0.2) is 5.82 Å². The van der Waals surface area contributed by atoms with Crippen LogP contribution in [0.5, 0.6) is 0 Å². The minimum Gasteiger partial charge on any atom is -0.361 e. The molecule has 1 amide bonds. The van der Waals surface area contributed by atoms with Gasteiger partial charge in [-0.05, 0) is 42.8 Å². The van der Waals surface area contributed by atoms with Crippen LogP contribution in [-0.4, -0.2) is 25.0 Å². The lowest BCUT2D eigenvalue weighted by atomic mass is 10.1. The largest absolute Gasteiger partial charge is 0.361 e. The first-order valence-electron chi connectivity index (χ1n) is 6.19. The van der Waals surface area contributed by atoms with Gasteiger partial charge in [0, 0.05) is 30.3 Å². The van der Waals surface area contributed by atoms with E-state index in [1.165, 1.54) is 0 Å². The Morgan fingerprint density at radius 2 is 2.05 bits per heavy atom. The Bertz CT molecular complexity index is 641. The SMILES string of the molecule is Cc1cc(C(=O)Nc2cccnc2N(C)C)ccc1Br. The van der Waals surface area contributed by atoms with Crippen LogP contribution in [0.25, 0.3) is 0 Å². The summed E-state index contributed by atoms with van der Waals surface area (Å²) in [5.74, 6) is 0.589. The zero-order chi connectivity index (χ0) is 14.7. The maximum absolute atomic E-state index is 12.3. The second-order valence-corrected chi connectivity index (χ2v) is 5.54. The summed E-state index contributed by atoms with van der Waals surface area (Å²) < 4.78 is 0.990. The number of pyridine rings is 1. The number of aryl methyl sites for hydroxylation is 1. The monoisotopic (exact) mass is 333 g/mol. The van der Waals surface area contributed by atoms with Gasteiger partial charge in [0.2, 0.25) is 0 Å². The molecular weight excluding hydrogens is 318 g/mol. The lowest BCUT2D eigenvalue weighted by Gasteiger charge is -2.16. The molecule has 0 saturated carbocycles. The highest BCUT2D eigenvalue weighted by Crippen LogP contribution is 2.22. The molecular formula is C15H16BrN3O. The first-order valence-corrected chi connectivity index (χ1v) is 6.98. The van der Waals surface area contributed by atoms with Gasteiger partial charge in [0.25, 0.3) is 5.91 Å². The number of halogens is 1. The number of hydrogen-bond donors (Lipinski definition) is 1. The normalized spacial score (nSPS) is 10.2. The van der Waals surface area contributed by atoms with E-state index in [0.29, 0.717) is 11.3 Å². The van der Waals surface area contributed by atoms with Crippen LogP contribution in [0.15, 0.2) is 41.0 Å². The van der Waals surface area contributed by atoms with Gasteiger partial charge >= 0.3 is 0 Å². The molecule has 1 aromatic heterocycles. The van der Waals surface area contributed by atoms with Crippen molar-refractivity contribution in [3.8, 4) is 0 Å². The van der Waals surface area contributed by atoms with Gasteiger partial charge in [0.1, 0.15) is 0 Å². The fourth-order valence-corrected chi connectivity index (χ4v) is 2.08. The van der Waals surface area contributed by atoms with Gasteiger partial charge < -0.3 is 10.2 Å².